The van der Waals surface area contributed by atoms with Crippen molar-refractivity contribution in [2.75, 3.05) is 13.1 Å². The molecular weight excluding hydrogens is 282 g/mol. The van der Waals surface area contributed by atoms with Gasteiger partial charge in [-0.25, -0.2) is 4.79 Å². The molecule has 1 aliphatic rings. The molecule has 3 N–H and O–H groups in total. The number of hydrogen-bond acceptors (Lipinski definition) is 2. The molecule has 0 saturated carbocycles. The monoisotopic (exact) mass is 297 g/mol. The number of carbonyl (C=O) groups is 1. The standard InChI is InChI=1S/C12H16BrN3O/c1-8(6-14)16-7-11(15-12(16)17)9-2-4-10(13)5-3-9/h2-5,8,11H,6-7,14H2,1H3,(H,15,17). The minimum atomic E-state index is -0.0316. The largest absolute Gasteiger partial charge is 0.329 e. The number of urea groups is 1. The Morgan fingerprint density at radius 2 is 2.18 bits per heavy atom. The van der Waals surface area contributed by atoms with Gasteiger partial charge in [0.1, 0.15) is 0 Å². The predicted molar refractivity (Wildman–Crippen MR) is 70.6 cm³/mol. The van der Waals surface area contributed by atoms with Crippen LogP contribution in [0.5, 0.6) is 0 Å². The molecule has 0 spiro atoms. The summed E-state index contributed by atoms with van der Waals surface area (Å²) in [5.41, 5.74) is 6.71. The van der Waals surface area contributed by atoms with Crippen LogP contribution in [-0.2, 0) is 0 Å². The van der Waals surface area contributed by atoms with Gasteiger partial charge in [-0.2, -0.15) is 0 Å². The molecule has 92 valence electrons. The number of hydrogen-bond donors (Lipinski definition) is 2. The van der Waals surface area contributed by atoms with Crippen LogP contribution < -0.4 is 11.1 Å². The van der Waals surface area contributed by atoms with Crippen LogP contribution in [0, 0.1) is 0 Å². The topological polar surface area (TPSA) is 58.4 Å². The normalized spacial score (nSPS) is 21.5. The van der Waals surface area contributed by atoms with Crippen molar-refractivity contribution in [2.24, 2.45) is 5.73 Å². The molecule has 1 aromatic rings. The number of halogens is 1. The van der Waals surface area contributed by atoms with Crippen molar-refractivity contribution < 1.29 is 4.79 Å². The summed E-state index contributed by atoms with van der Waals surface area (Å²) in [6, 6.07) is 8.11. The molecule has 1 aliphatic heterocycles. The summed E-state index contributed by atoms with van der Waals surface area (Å²) in [5.74, 6) is 0. The van der Waals surface area contributed by atoms with Crippen LogP contribution in [0.15, 0.2) is 28.7 Å². The van der Waals surface area contributed by atoms with Crippen LogP contribution >= 0.6 is 15.9 Å². The van der Waals surface area contributed by atoms with Crippen LogP contribution in [0.3, 0.4) is 0 Å². The lowest BCUT2D eigenvalue weighted by atomic mass is 10.1. The van der Waals surface area contributed by atoms with E-state index in [0.717, 1.165) is 10.0 Å². The fourth-order valence-electron chi connectivity index (χ4n) is 1.95. The van der Waals surface area contributed by atoms with Crippen molar-refractivity contribution >= 4 is 22.0 Å². The minimum Gasteiger partial charge on any atom is -0.329 e. The van der Waals surface area contributed by atoms with Gasteiger partial charge < -0.3 is 16.0 Å². The Morgan fingerprint density at radius 1 is 1.53 bits per heavy atom. The van der Waals surface area contributed by atoms with E-state index in [1.807, 2.05) is 31.2 Å². The maximum Gasteiger partial charge on any atom is 0.318 e. The van der Waals surface area contributed by atoms with Crippen molar-refractivity contribution in [1.29, 1.82) is 0 Å². The van der Waals surface area contributed by atoms with Gasteiger partial charge in [0.15, 0.2) is 0 Å². The summed E-state index contributed by atoms with van der Waals surface area (Å²) in [7, 11) is 0. The highest BCUT2D eigenvalue weighted by Gasteiger charge is 2.32. The van der Waals surface area contributed by atoms with E-state index in [1.54, 1.807) is 4.90 Å². The van der Waals surface area contributed by atoms with Gasteiger partial charge in [0.2, 0.25) is 0 Å². The molecule has 1 saturated heterocycles. The molecule has 2 amide bonds. The van der Waals surface area contributed by atoms with E-state index in [0.29, 0.717) is 13.1 Å². The zero-order valence-corrected chi connectivity index (χ0v) is 11.3. The summed E-state index contributed by atoms with van der Waals surface area (Å²) < 4.78 is 1.04. The fourth-order valence-corrected chi connectivity index (χ4v) is 2.21. The van der Waals surface area contributed by atoms with E-state index in [2.05, 4.69) is 21.2 Å². The summed E-state index contributed by atoms with van der Waals surface area (Å²) >= 11 is 3.40. The second-order valence-corrected chi connectivity index (χ2v) is 5.21. The number of benzene rings is 1. The lowest BCUT2D eigenvalue weighted by Gasteiger charge is -2.21. The summed E-state index contributed by atoms with van der Waals surface area (Å²) in [5, 5.41) is 2.97. The first-order valence-corrected chi connectivity index (χ1v) is 6.43. The molecule has 1 heterocycles. The third-order valence-electron chi connectivity index (χ3n) is 3.08. The predicted octanol–water partition coefficient (Wildman–Crippen LogP) is 1.86. The second kappa shape index (κ2) is 5.06. The quantitative estimate of drug-likeness (QED) is 0.895. The van der Waals surface area contributed by atoms with Crippen LogP contribution in [0.1, 0.15) is 18.5 Å². The Hall–Kier alpha value is -1.07. The van der Waals surface area contributed by atoms with Crippen LogP contribution in [0.25, 0.3) is 0 Å². The molecule has 0 aromatic heterocycles. The van der Waals surface area contributed by atoms with Gasteiger partial charge in [-0.15, -0.1) is 0 Å². The highest BCUT2D eigenvalue weighted by atomic mass is 79.9. The number of nitrogens with zero attached hydrogens (tertiary/aromatic N) is 1. The highest BCUT2D eigenvalue weighted by Crippen LogP contribution is 2.23. The molecule has 2 atom stereocenters. The molecule has 5 heteroatoms. The molecule has 1 aromatic carbocycles. The van der Waals surface area contributed by atoms with E-state index < -0.39 is 0 Å². The van der Waals surface area contributed by atoms with Crippen LogP contribution in [-0.4, -0.2) is 30.1 Å². The first-order chi connectivity index (χ1) is 8.11. The molecule has 0 radical (unpaired) electrons. The van der Waals surface area contributed by atoms with E-state index in [1.165, 1.54) is 0 Å². The second-order valence-electron chi connectivity index (χ2n) is 4.29. The van der Waals surface area contributed by atoms with Crippen molar-refractivity contribution in [3.8, 4) is 0 Å². The first-order valence-electron chi connectivity index (χ1n) is 5.64. The Kier molecular flexibility index (Phi) is 3.69. The smallest absolute Gasteiger partial charge is 0.318 e. The van der Waals surface area contributed by atoms with E-state index in [-0.39, 0.29) is 18.1 Å². The SMILES string of the molecule is CC(CN)N1CC(c2ccc(Br)cc2)NC1=O. The molecule has 4 nitrogen and oxygen atoms in total. The van der Waals surface area contributed by atoms with Crippen molar-refractivity contribution in [1.82, 2.24) is 10.2 Å². The van der Waals surface area contributed by atoms with Crippen molar-refractivity contribution in [2.45, 2.75) is 19.0 Å². The van der Waals surface area contributed by atoms with Crippen molar-refractivity contribution in [3.05, 3.63) is 34.3 Å². The number of rotatable bonds is 3. The number of carbonyl (C=O) groups excluding carboxylic acids is 1. The van der Waals surface area contributed by atoms with Gasteiger partial charge in [-0.05, 0) is 24.6 Å². The molecular formula is C12H16BrN3O. The highest BCUT2D eigenvalue weighted by molar-refractivity contribution is 9.10. The van der Waals surface area contributed by atoms with E-state index in [9.17, 15) is 4.79 Å². The maximum atomic E-state index is 11.8. The molecule has 0 aliphatic carbocycles. The third kappa shape index (κ3) is 2.61. The van der Waals surface area contributed by atoms with Gasteiger partial charge in [-0.1, -0.05) is 28.1 Å². The van der Waals surface area contributed by atoms with Gasteiger partial charge in [0, 0.05) is 23.6 Å². The Bertz CT molecular complexity index is 407. The van der Waals surface area contributed by atoms with Gasteiger partial charge in [-0.3, -0.25) is 0 Å². The average Bonchev–Trinajstić information content (AvgIpc) is 2.71. The minimum absolute atomic E-state index is 0.0316. The Labute approximate surface area is 109 Å². The van der Waals surface area contributed by atoms with E-state index in [4.69, 9.17) is 5.73 Å². The third-order valence-corrected chi connectivity index (χ3v) is 3.61. The molecule has 1 fully saturated rings. The zero-order chi connectivity index (χ0) is 12.4. The van der Waals surface area contributed by atoms with Crippen molar-refractivity contribution in [3.63, 3.8) is 0 Å². The zero-order valence-electron chi connectivity index (χ0n) is 9.69. The first kappa shape index (κ1) is 12.4. The number of nitrogens with two attached hydrogens (primary N) is 1. The van der Waals surface area contributed by atoms with Gasteiger partial charge in [0.25, 0.3) is 0 Å². The van der Waals surface area contributed by atoms with Gasteiger partial charge >= 0.3 is 6.03 Å². The fraction of sp³-hybridized carbons (Fsp3) is 0.417. The summed E-state index contributed by atoms with van der Waals surface area (Å²) in [6.07, 6.45) is 0. The molecule has 2 rings (SSSR count). The van der Waals surface area contributed by atoms with Gasteiger partial charge in [0.05, 0.1) is 6.04 Å². The molecule has 2 unspecified atom stereocenters. The lowest BCUT2D eigenvalue weighted by molar-refractivity contribution is 0.203. The molecule has 17 heavy (non-hydrogen) atoms. The van der Waals surface area contributed by atoms with Crippen LogP contribution in [0.2, 0.25) is 0 Å². The summed E-state index contributed by atoms with van der Waals surface area (Å²) in [4.78, 5) is 13.6. The summed E-state index contributed by atoms with van der Waals surface area (Å²) in [6.45, 7) is 3.13. The maximum absolute atomic E-state index is 11.8. The average molecular weight is 298 g/mol. The Morgan fingerprint density at radius 3 is 2.76 bits per heavy atom. The number of nitrogens with one attached hydrogen (secondary N) is 1. The lowest BCUT2D eigenvalue weighted by Crippen LogP contribution is -2.40. The molecule has 0 bridgehead atoms. The number of amides is 2. The van der Waals surface area contributed by atoms with E-state index >= 15 is 0 Å². The van der Waals surface area contributed by atoms with Crippen LogP contribution in [0.4, 0.5) is 4.79 Å². The Balaban J connectivity index is 2.11.